The molecule has 0 bridgehead atoms. The molecule has 23 heavy (non-hydrogen) atoms. The van der Waals surface area contributed by atoms with Crippen molar-refractivity contribution in [2.75, 3.05) is 6.54 Å². The lowest BCUT2D eigenvalue weighted by molar-refractivity contribution is -0.123. The number of aliphatic hydroxyl groups is 1. The van der Waals surface area contributed by atoms with Gasteiger partial charge in [-0.25, -0.2) is 4.98 Å². The number of hydrogen-bond acceptors (Lipinski definition) is 5. The minimum Gasteiger partial charge on any atom is -0.392 e. The van der Waals surface area contributed by atoms with Crippen molar-refractivity contribution in [3.05, 3.63) is 41.0 Å². The molecule has 3 rings (SSSR count). The molecule has 2 heterocycles. The normalized spacial score (nSPS) is 22.0. The average Bonchev–Trinajstić information content (AvgIpc) is 3.16. The zero-order valence-corrected chi connectivity index (χ0v) is 14.1. The van der Waals surface area contributed by atoms with E-state index in [4.69, 9.17) is 0 Å². The Bertz CT molecular complexity index is 683. The van der Waals surface area contributed by atoms with Crippen LogP contribution < -0.4 is 10.6 Å². The minimum absolute atomic E-state index is 0.0589. The Kier molecular flexibility index (Phi) is 4.75. The van der Waals surface area contributed by atoms with Gasteiger partial charge in [-0.15, -0.1) is 11.3 Å². The van der Waals surface area contributed by atoms with Crippen LogP contribution in [0.3, 0.4) is 0 Å². The molecule has 1 aliphatic rings. The number of β-amino-alcohol motifs (C(OH)–C–C–N with tert-alkyl or cyclic N) is 1. The Morgan fingerprint density at radius 1 is 1.43 bits per heavy atom. The number of amides is 1. The van der Waals surface area contributed by atoms with Gasteiger partial charge >= 0.3 is 0 Å². The largest absolute Gasteiger partial charge is 0.392 e. The number of hydrogen-bond donors (Lipinski definition) is 3. The molecule has 1 aliphatic heterocycles. The topological polar surface area (TPSA) is 74.2 Å². The van der Waals surface area contributed by atoms with Gasteiger partial charge in [-0.05, 0) is 31.4 Å². The smallest absolute Gasteiger partial charge is 0.237 e. The first-order valence-electron chi connectivity index (χ1n) is 7.77. The van der Waals surface area contributed by atoms with Crippen molar-refractivity contribution in [2.45, 2.75) is 38.5 Å². The van der Waals surface area contributed by atoms with Crippen molar-refractivity contribution in [2.24, 2.45) is 0 Å². The number of nitrogens with one attached hydrogen (secondary N) is 2. The number of carbonyl (C=O) groups excluding carboxylic acids is 1. The Morgan fingerprint density at radius 2 is 2.17 bits per heavy atom. The van der Waals surface area contributed by atoms with Crippen LogP contribution in [-0.4, -0.2) is 34.7 Å². The lowest BCUT2D eigenvalue weighted by atomic mass is 10.0. The number of nitrogens with zero attached hydrogens (tertiary/aromatic N) is 1. The Morgan fingerprint density at radius 3 is 2.74 bits per heavy atom. The molecule has 5 nitrogen and oxygen atoms in total. The summed E-state index contributed by atoms with van der Waals surface area (Å²) >= 11 is 1.63. The van der Waals surface area contributed by atoms with E-state index in [0.717, 1.165) is 16.8 Å². The lowest BCUT2D eigenvalue weighted by Crippen LogP contribution is -2.41. The second-order valence-corrected chi connectivity index (χ2v) is 6.82. The first-order chi connectivity index (χ1) is 11.0. The molecule has 2 aromatic rings. The number of thiazole rings is 1. The van der Waals surface area contributed by atoms with Crippen LogP contribution in [0.1, 0.15) is 30.6 Å². The maximum atomic E-state index is 12.2. The van der Waals surface area contributed by atoms with Gasteiger partial charge in [0.15, 0.2) is 0 Å². The van der Waals surface area contributed by atoms with Crippen LogP contribution in [0.15, 0.2) is 29.8 Å². The molecule has 3 N–H and O–H groups in total. The van der Waals surface area contributed by atoms with Crippen molar-refractivity contribution in [3.8, 4) is 10.4 Å². The van der Waals surface area contributed by atoms with Gasteiger partial charge in [-0.2, -0.15) is 0 Å². The minimum atomic E-state index is -0.428. The van der Waals surface area contributed by atoms with Gasteiger partial charge in [-0.3, -0.25) is 4.79 Å². The molecule has 1 fully saturated rings. The molecule has 1 aromatic heterocycles. The van der Waals surface area contributed by atoms with Gasteiger partial charge in [0.2, 0.25) is 5.91 Å². The summed E-state index contributed by atoms with van der Waals surface area (Å²) in [6.07, 6.45) is 0.0466. The monoisotopic (exact) mass is 331 g/mol. The fourth-order valence-corrected chi connectivity index (χ4v) is 3.63. The summed E-state index contributed by atoms with van der Waals surface area (Å²) in [6, 6.07) is 7.84. The highest BCUT2D eigenvalue weighted by molar-refractivity contribution is 7.13. The van der Waals surface area contributed by atoms with Crippen LogP contribution in [0, 0.1) is 6.92 Å². The lowest BCUT2D eigenvalue weighted by Gasteiger charge is -2.18. The SMILES string of the molecule is Cc1ncsc1-c1ccc(C(C)NC(=O)[C@H]2CC(O)CN2)cc1. The van der Waals surface area contributed by atoms with Gasteiger partial charge in [-0.1, -0.05) is 24.3 Å². The highest BCUT2D eigenvalue weighted by Crippen LogP contribution is 2.28. The van der Waals surface area contributed by atoms with Gasteiger partial charge in [0.25, 0.3) is 0 Å². The molecule has 0 saturated carbocycles. The molecule has 3 atom stereocenters. The summed E-state index contributed by atoms with van der Waals surface area (Å²) in [7, 11) is 0. The highest BCUT2D eigenvalue weighted by Gasteiger charge is 2.28. The van der Waals surface area contributed by atoms with Crippen molar-refractivity contribution in [3.63, 3.8) is 0 Å². The van der Waals surface area contributed by atoms with Gasteiger partial charge in [0.1, 0.15) is 0 Å². The van der Waals surface area contributed by atoms with Crippen molar-refractivity contribution in [1.82, 2.24) is 15.6 Å². The van der Waals surface area contributed by atoms with E-state index < -0.39 is 6.10 Å². The van der Waals surface area contributed by atoms with Crippen molar-refractivity contribution in [1.29, 1.82) is 0 Å². The molecule has 122 valence electrons. The van der Waals surface area contributed by atoms with Gasteiger partial charge in [0.05, 0.1) is 34.3 Å². The molecular weight excluding hydrogens is 310 g/mol. The van der Waals surface area contributed by atoms with Crippen LogP contribution in [-0.2, 0) is 4.79 Å². The summed E-state index contributed by atoms with van der Waals surface area (Å²) in [4.78, 5) is 17.6. The average molecular weight is 331 g/mol. The van der Waals surface area contributed by atoms with E-state index in [1.807, 2.05) is 31.5 Å². The fraction of sp³-hybridized carbons (Fsp3) is 0.412. The molecule has 0 aliphatic carbocycles. The van der Waals surface area contributed by atoms with Crippen LogP contribution in [0.5, 0.6) is 0 Å². The highest BCUT2D eigenvalue weighted by atomic mass is 32.1. The molecule has 1 amide bonds. The maximum absolute atomic E-state index is 12.2. The summed E-state index contributed by atoms with van der Waals surface area (Å²) < 4.78 is 0. The quantitative estimate of drug-likeness (QED) is 0.801. The molecule has 0 radical (unpaired) electrons. The van der Waals surface area contributed by atoms with E-state index in [1.165, 1.54) is 4.88 Å². The summed E-state index contributed by atoms with van der Waals surface area (Å²) in [5.41, 5.74) is 5.09. The molecule has 0 spiro atoms. The molecule has 1 saturated heterocycles. The van der Waals surface area contributed by atoms with E-state index in [9.17, 15) is 9.90 Å². The number of benzene rings is 1. The predicted octanol–water partition coefficient (Wildman–Crippen LogP) is 2.02. The second-order valence-electron chi connectivity index (χ2n) is 5.97. The Hall–Kier alpha value is -1.76. The van der Waals surface area contributed by atoms with Crippen LogP contribution in [0.2, 0.25) is 0 Å². The first-order valence-corrected chi connectivity index (χ1v) is 8.65. The fourth-order valence-electron chi connectivity index (χ4n) is 2.82. The van der Waals surface area contributed by atoms with E-state index in [2.05, 4.69) is 27.8 Å². The number of aromatic nitrogens is 1. The molecular formula is C17H21N3O2S. The van der Waals surface area contributed by atoms with E-state index >= 15 is 0 Å². The number of aryl methyl sites for hydroxylation is 1. The predicted molar refractivity (Wildman–Crippen MR) is 91.3 cm³/mol. The zero-order chi connectivity index (χ0) is 16.4. The standard InChI is InChI=1S/C17H21N3O2S/c1-10(20-17(22)15-7-14(21)8-18-15)12-3-5-13(6-4-12)16-11(2)19-9-23-16/h3-6,9-10,14-15,18,21H,7-8H2,1-2H3,(H,20,22)/t10?,14?,15-/m1/s1. The first kappa shape index (κ1) is 16.1. The third-order valence-electron chi connectivity index (χ3n) is 4.20. The summed E-state index contributed by atoms with van der Waals surface area (Å²) in [6.45, 7) is 4.46. The zero-order valence-electron chi connectivity index (χ0n) is 13.2. The molecule has 2 unspecified atom stereocenters. The number of aliphatic hydroxyl groups excluding tert-OH is 1. The maximum Gasteiger partial charge on any atom is 0.237 e. The third-order valence-corrected chi connectivity index (χ3v) is 5.18. The van der Waals surface area contributed by atoms with Crippen molar-refractivity contribution < 1.29 is 9.90 Å². The van der Waals surface area contributed by atoms with Crippen molar-refractivity contribution >= 4 is 17.2 Å². The molecule has 1 aromatic carbocycles. The second kappa shape index (κ2) is 6.78. The van der Waals surface area contributed by atoms with E-state index in [1.54, 1.807) is 11.3 Å². The third kappa shape index (κ3) is 3.60. The van der Waals surface area contributed by atoms with E-state index in [0.29, 0.717) is 13.0 Å². The van der Waals surface area contributed by atoms with Crippen LogP contribution >= 0.6 is 11.3 Å². The van der Waals surface area contributed by atoms with Gasteiger partial charge < -0.3 is 15.7 Å². The van der Waals surface area contributed by atoms with E-state index in [-0.39, 0.29) is 18.0 Å². The van der Waals surface area contributed by atoms with Gasteiger partial charge in [0, 0.05) is 6.54 Å². The number of rotatable bonds is 4. The summed E-state index contributed by atoms with van der Waals surface area (Å²) in [5.74, 6) is -0.0589. The Balaban J connectivity index is 1.65. The summed E-state index contributed by atoms with van der Waals surface area (Å²) in [5, 5.41) is 15.5. The molecule has 6 heteroatoms. The Labute approximate surface area is 139 Å². The van der Waals surface area contributed by atoms with Crippen LogP contribution in [0.4, 0.5) is 0 Å². The van der Waals surface area contributed by atoms with Crippen LogP contribution in [0.25, 0.3) is 10.4 Å². The number of carbonyl (C=O) groups is 1.